The smallest absolute Gasteiger partial charge is 0.101 e. The molecule has 3 heteroatoms. The Morgan fingerprint density at radius 3 is 2.94 bits per heavy atom. The van der Waals surface area contributed by atoms with E-state index in [1.165, 1.54) is 42.5 Å². The number of hydrogen-bond acceptors (Lipinski definition) is 3. The predicted molar refractivity (Wildman–Crippen MR) is 74.4 cm³/mol. The van der Waals surface area contributed by atoms with Crippen molar-refractivity contribution in [3.05, 3.63) is 21.9 Å². The van der Waals surface area contributed by atoms with Crippen LogP contribution >= 0.6 is 11.3 Å². The van der Waals surface area contributed by atoms with Gasteiger partial charge in [-0.05, 0) is 42.2 Å². The van der Waals surface area contributed by atoms with Crippen molar-refractivity contribution >= 4 is 11.3 Å². The normalized spacial score (nSPS) is 23.3. The molecule has 0 radical (unpaired) electrons. The van der Waals surface area contributed by atoms with E-state index >= 15 is 0 Å². The first-order valence-electron chi connectivity index (χ1n) is 7.07. The highest BCUT2D eigenvalue weighted by Gasteiger charge is 2.31. The number of fused-ring (bicyclic) bond motifs is 1. The summed E-state index contributed by atoms with van der Waals surface area (Å²) in [6.45, 7) is 2.07. The van der Waals surface area contributed by atoms with Crippen LogP contribution in [0.25, 0.3) is 0 Å². The Hall–Kier alpha value is -0.850. The van der Waals surface area contributed by atoms with Crippen molar-refractivity contribution in [2.75, 3.05) is 6.54 Å². The third-order valence-electron chi connectivity index (χ3n) is 4.46. The lowest BCUT2D eigenvalue weighted by molar-refractivity contribution is 0.142. The molecule has 2 nitrogen and oxygen atoms in total. The molecule has 0 amide bonds. The molecule has 2 aliphatic rings. The summed E-state index contributed by atoms with van der Waals surface area (Å²) in [6, 6.07) is 4.98. The summed E-state index contributed by atoms with van der Waals surface area (Å²) >= 11 is 1.87. The highest BCUT2D eigenvalue weighted by molar-refractivity contribution is 7.10. The molecule has 1 aliphatic carbocycles. The van der Waals surface area contributed by atoms with Gasteiger partial charge in [-0.15, -0.1) is 11.3 Å². The van der Waals surface area contributed by atoms with Crippen LogP contribution in [0.1, 0.15) is 42.5 Å². The zero-order valence-corrected chi connectivity index (χ0v) is 11.6. The van der Waals surface area contributed by atoms with E-state index < -0.39 is 0 Å². The van der Waals surface area contributed by atoms with Crippen molar-refractivity contribution in [1.82, 2.24) is 4.90 Å². The molecule has 96 valence electrons. The van der Waals surface area contributed by atoms with Gasteiger partial charge < -0.3 is 0 Å². The van der Waals surface area contributed by atoms with Gasteiger partial charge in [0.05, 0.1) is 6.07 Å². The van der Waals surface area contributed by atoms with Gasteiger partial charge >= 0.3 is 0 Å². The maximum absolute atomic E-state index is 9.54. The molecule has 0 saturated heterocycles. The molecule has 1 fully saturated rings. The van der Waals surface area contributed by atoms with Gasteiger partial charge in [-0.25, -0.2) is 0 Å². The summed E-state index contributed by atoms with van der Waals surface area (Å²) in [6.07, 6.45) is 7.65. The van der Waals surface area contributed by atoms with Crippen LogP contribution in [-0.4, -0.2) is 17.5 Å². The van der Waals surface area contributed by atoms with Crippen LogP contribution in [0.15, 0.2) is 11.4 Å². The van der Waals surface area contributed by atoms with E-state index in [4.69, 9.17) is 0 Å². The molecule has 18 heavy (non-hydrogen) atoms. The van der Waals surface area contributed by atoms with Crippen molar-refractivity contribution in [2.24, 2.45) is 5.92 Å². The minimum absolute atomic E-state index is 0.151. The molecule has 0 aromatic carbocycles. The molecule has 2 heterocycles. The lowest BCUT2D eigenvalue weighted by atomic mass is 9.83. The number of hydrogen-bond donors (Lipinski definition) is 0. The summed E-state index contributed by atoms with van der Waals surface area (Å²) in [7, 11) is 0. The number of nitrogens with zero attached hydrogens (tertiary/aromatic N) is 2. The first-order chi connectivity index (χ1) is 8.88. The highest BCUT2D eigenvalue weighted by atomic mass is 32.1. The highest BCUT2D eigenvalue weighted by Crippen LogP contribution is 2.32. The minimum Gasteiger partial charge on any atom is -0.283 e. The Balaban J connectivity index is 1.71. The van der Waals surface area contributed by atoms with E-state index in [2.05, 4.69) is 22.4 Å². The third kappa shape index (κ3) is 2.32. The quantitative estimate of drug-likeness (QED) is 0.812. The second-order valence-corrected chi connectivity index (χ2v) is 6.56. The standard InChI is InChI=1S/C15H20N2S/c16-10-14(12-4-2-1-3-5-12)17-8-6-15-13(11-17)7-9-18-15/h7,9,12,14H,1-6,8,11H2/t14-/m0/s1. The van der Waals surface area contributed by atoms with Gasteiger partial charge in [-0.3, -0.25) is 4.90 Å². The van der Waals surface area contributed by atoms with Gasteiger partial charge in [-0.2, -0.15) is 5.26 Å². The molecular weight excluding hydrogens is 240 g/mol. The SMILES string of the molecule is N#C[C@@H](C1CCCCC1)N1CCc2sccc2C1. The van der Waals surface area contributed by atoms with Gasteiger partial charge in [0.2, 0.25) is 0 Å². The zero-order chi connectivity index (χ0) is 12.4. The fraction of sp³-hybridized carbons (Fsp3) is 0.667. The summed E-state index contributed by atoms with van der Waals surface area (Å²) < 4.78 is 0. The van der Waals surface area contributed by atoms with Crippen LogP contribution in [0, 0.1) is 17.2 Å². The first-order valence-corrected chi connectivity index (χ1v) is 7.95. The largest absolute Gasteiger partial charge is 0.283 e. The first kappa shape index (κ1) is 12.2. The zero-order valence-electron chi connectivity index (χ0n) is 10.8. The summed E-state index contributed by atoms with van der Waals surface area (Å²) in [5.74, 6) is 0.615. The fourth-order valence-electron chi connectivity index (χ4n) is 3.44. The van der Waals surface area contributed by atoms with Crippen LogP contribution in [0.2, 0.25) is 0 Å². The Morgan fingerprint density at radius 2 is 2.17 bits per heavy atom. The van der Waals surface area contributed by atoms with E-state index in [1.807, 2.05) is 11.3 Å². The second-order valence-electron chi connectivity index (χ2n) is 5.56. The van der Waals surface area contributed by atoms with Crippen molar-refractivity contribution in [1.29, 1.82) is 5.26 Å². The Bertz CT molecular complexity index is 440. The van der Waals surface area contributed by atoms with Crippen molar-refractivity contribution in [2.45, 2.75) is 51.1 Å². The average Bonchev–Trinajstić information content (AvgIpc) is 2.88. The number of thiophene rings is 1. The summed E-state index contributed by atoms with van der Waals surface area (Å²) in [5.41, 5.74) is 1.46. The van der Waals surface area contributed by atoms with Crippen LogP contribution in [0.3, 0.4) is 0 Å². The van der Waals surface area contributed by atoms with Crippen LogP contribution in [0.4, 0.5) is 0 Å². The van der Waals surface area contributed by atoms with E-state index in [0.29, 0.717) is 5.92 Å². The minimum atomic E-state index is 0.151. The van der Waals surface area contributed by atoms with Crippen LogP contribution < -0.4 is 0 Å². The maximum Gasteiger partial charge on any atom is 0.101 e. The molecule has 0 spiro atoms. The lowest BCUT2D eigenvalue weighted by Crippen LogP contribution is -2.43. The van der Waals surface area contributed by atoms with Crippen LogP contribution in [0.5, 0.6) is 0 Å². The van der Waals surface area contributed by atoms with Gasteiger partial charge in [0.25, 0.3) is 0 Å². The third-order valence-corrected chi connectivity index (χ3v) is 5.48. The van der Waals surface area contributed by atoms with E-state index in [0.717, 1.165) is 19.5 Å². The Kier molecular flexibility index (Phi) is 3.67. The molecule has 0 bridgehead atoms. The van der Waals surface area contributed by atoms with Crippen molar-refractivity contribution in [3.63, 3.8) is 0 Å². The number of rotatable bonds is 2. The molecular formula is C15H20N2S. The molecule has 1 aromatic rings. The second kappa shape index (κ2) is 5.42. The lowest BCUT2D eigenvalue weighted by Gasteiger charge is -2.36. The molecule has 1 saturated carbocycles. The van der Waals surface area contributed by atoms with E-state index in [-0.39, 0.29) is 6.04 Å². The van der Waals surface area contributed by atoms with E-state index in [9.17, 15) is 5.26 Å². The molecule has 0 unspecified atom stereocenters. The molecule has 3 rings (SSSR count). The molecule has 1 aromatic heterocycles. The topological polar surface area (TPSA) is 27.0 Å². The molecule has 1 atom stereocenters. The monoisotopic (exact) mass is 260 g/mol. The predicted octanol–water partition coefficient (Wildman–Crippen LogP) is 3.58. The van der Waals surface area contributed by atoms with Gasteiger partial charge in [0.1, 0.15) is 6.04 Å². The van der Waals surface area contributed by atoms with Gasteiger partial charge in [0.15, 0.2) is 0 Å². The average molecular weight is 260 g/mol. The maximum atomic E-state index is 9.54. The van der Waals surface area contributed by atoms with Crippen molar-refractivity contribution in [3.8, 4) is 6.07 Å². The van der Waals surface area contributed by atoms with Crippen LogP contribution in [-0.2, 0) is 13.0 Å². The Labute approximate surface area is 113 Å². The molecule has 0 N–H and O–H groups in total. The Morgan fingerprint density at radius 1 is 1.33 bits per heavy atom. The molecule has 1 aliphatic heterocycles. The van der Waals surface area contributed by atoms with E-state index in [1.54, 1.807) is 0 Å². The number of nitriles is 1. The summed E-state index contributed by atoms with van der Waals surface area (Å²) in [5, 5.41) is 11.7. The summed E-state index contributed by atoms with van der Waals surface area (Å²) in [4.78, 5) is 3.96. The van der Waals surface area contributed by atoms with Gasteiger partial charge in [0, 0.05) is 18.0 Å². The van der Waals surface area contributed by atoms with Gasteiger partial charge in [-0.1, -0.05) is 19.3 Å². The van der Waals surface area contributed by atoms with Crippen molar-refractivity contribution < 1.29 is 0 Å². The fourth-order valence-corrected chi connectivity index (χ4v) is 4.33.